The van der Waals surface area contributed by atoms with E-state index in [9.17, 15) is 39.5 Å². The largest absolute Gasteiger partial charge is 0.417 e. The number of rotatable bonds is 6. The van der Waals surface area contributed by atoms with Gasteiger partial charge >= 0.3 is 24.7 Å². The zero-order valence-electron chi connectivity index (χ0n) is 40.3. The molecule has 0 saturated carbocycles. The topological polar surface area (TPSA) is 35.6 Å². The van der Waals surface area contributed by atoms with Gasteiger partial charge in [0.15, 0.2) is 0 Å². The molecule has 11 rings (SSSR count). The fourth-order valence-electron chi connectivity index (χ4n) is 10.8. The van der Waals surface area contributed by atoms with Crippen LogP contribution in [0.15, 0.2) is 158 Å². The summed E-state index contributed by atoms with van der Waals surface area (Å²) in [5.74, 6) is 0. The zero-order valence-corrected chi connectivity index (χ0v) is 40.3. The number of benzene rings is 7. The molecule has 4 heterocycles. The summed E-state index contributed by atoms with van der Waals surface area (Å²) in [7, 11) is 0. The van der Waals surface area contributed by atoms with Gasteiger partial charge in [0.1, 0.15) is 0 Å². The Balaban J connectivity index is 0.978. The smallest absolute Gasteiger partial charge is 0.309 e. The van der Waals surface area contributed by atoms with E-state index < -0.39 is 52.5 Å². The molecule has 0 aliphatic carbocycles. The van der Waals surface area contributed by atoms with Gasteiger partial charge < -0.3 is 9.13 Å². The van der Waals surface area contributed by atoms with Crippen molar-refractivity contribution in [2.45, 2.75) is 52.4 Å². The first kappa shape index (κ1) is 49.8. The van der Waals surface area contributed by atoms with Crippen molar-refractivity contribution >= 4 is 43.6 Å². The molecule has 76 heavy (non-hydrogen) atoms. The minimum atomic E-state index is -5.10. The first-order valence-corrected chi connectivity index (χ1v) is 23.5. The molecule has 0 N–H and O–H groups in total. The molecular weight excluding hydrogens is 1000 g/mol. The third kappa shape index (κ3) is 8.49. The molecule has 7 aromatic carbocycles. The molecule has 0 radical (unpaired) electrons. The Morgan fingerprint density at radius 3 is 1.22 bits per heavy atom. The maximum Gasteiger partial charge on any atom is 0.417 e. The maximum atomic E-state index is 15.4. The number of halogens is 12. The van der Waals surface area contributed by atoms with Gasteiger partial charge in [0.05, 0.1) is 44.3 Å². The number of fused-ring (bicyclic) bond motifs is 6. The zero-order chi connectivity index (χ0) is 54.0. The second-order valence-electron chi connectivity index (χ2n) is 18.9. The number of hydrogen-bond donors (Lipinski definition) is 0. The molecule has 0 amide bonds. The van der Waals surface area contributed by atoms with Crippen LogP contribution in [0.3, 0.4) is 0 Å². The third-order valence-corrected chi connectivity index (χ3v) is 14.0. The predicted octanol–water partition coefficient (Wildman–Crippen LogP) is 18.6. The molecule has 4 aromatic heterocycles. The van der Waals surface area contributed by atoms with Gasteiger partial charge in [0.25, 0.3) is 0 Å². The Morgan fingerprint density at radius 1 is 0.342 bits per heavy atom. The highest BCUT2D eigenvalue weighted by Gasteiger charge is 2.40. The summed E-state index contributed by atoms with van der Waals surface area (Å²) in [6.45, 7) is 6.16. The number of aryl methyl sites for hydroxylation is 4. The first-order valence-electron chi connectivity index (χ1n) is 23.5. The van der Waals surface area contributed by atoms with Crippen molar-refractivity contribution in [2.75, 3.05) is 0 Å². The fraction of sp³-hybridized carbons (Fsp3) is 0.133. The standard InChI is InChI=1S/C60H38F12N4/c1-31-21-33(3)55(49(22-31)59(67,68)69)35-5-11-40(12-6-35)75-51-15-9-37(25-44(51)46-29-73-19-17-53(46)75)42-28-48(58(64,65)66)43(24-32(42)2)38-10-16-52-45(26-38)47-30-74-20-18-54(47)76(52)41-13-7-36(8-14-41)56-34(4)23-39(57(61,62)63)27-50(56)60(70,71)72/h5-30H,1-4H3. The second-order valence-corrected chi connectivity index (χ2v) is 18.9. The lowest BCUT2D eigenvalue weighted by atomic mass is 9.90. The van der Waals surface area contributed by atoms with E-state index in [0.717, 1.165) is 17.6 Å². The van der Waals surface area contributed by atoms with Crippen molar-refractivity contribution in [3.05, 3.63) is 203 Å². The average Bonchev–Trinajstić information content (AvgIpc) is 4.00. The highest BCUT2D eigenvalue weighted by molar-refractivity contribution is 6.11. The van der Waals surface area contributed by atoms with Gasteiger partial charge in [-0.1, -0.05) is 54.1 Å². The second kappa shape index (κ2) is 17.6. The van der Waals surface area contributed by atoms with Crippen LogP contribution in [0, 0.1) is 27.7 Å². The Labute approximate surface area is 425 Å². The highest BCUT2D eigenvalue weighted by Crippen LogP contribution is 2.47. The summed E-state index contributed by atoms with van der Waals surface area (Å²) in [5, 5.41) is 2.48. The van der Waals surface area contributed by atoms with Crippen LogP contribution in [-0.2, 0) is 24.7 Å². The minimum Gasteiger partial charge on any atom is -0.309 e. The van der Waals surface area contributed by atoms with Gasteiger partial charge in [0.2, 0.25) is 0 Å². The fourth-order valence-corrected chi connectivity index (χ4v) is 10.8. The Hall–Kier alpha value is -8.40. The van der Waals surface area contributed by atoms with Crippen molar-refractivity contribution in [3.8, 4) is 55.9 Å². The van der Waals surface area contributed by atoms with Crippen LogP contribution >= 0.6 is 0 Å². The average molecular weight is 1040 g/mol. The number of nitrogens with zero attached hydrogens (tertiary/aromatic N) is 4. The molecule has 0 unspecified atom stereocenters. The molecule has 11 aromatic rings. The van der Waals surface area contributed by atoms with Crippen LogP contribution in [0.25, 0.3) is 99.5 Å². The van der Waals surface area contributed by atoms with Crippen LogP contribution in [0.5, 0.6) is 0 Å². The van der Waals surface area contributed by atoms with E-state index in [1.165, 1.54) is 43.5 Å². The van der Waals surface area contributed by atoms with Gasteiger partial charge in [-0.3, -0.25) is 9.97 Å². The van der Waals surface area contributed by atoms with Crippen LogP contribution in [0.1, 0.15) is 44.5 Å². The Bertz CT molecular complexity index is 4140. The summed E-state index contributed by atoms with van der Waals surface area (Å²) < 4.78 is 176. The van der Waals surface area contributed by atoms with E-state index >= 15 is 13.2 Å². The van der Waals surface area contributed by atoms with E-state index in [2.05, 4.69) is 9.97 Å². The summed E-state index contributed by atoms with van der Waals surface area (Å²) >= 11 is 0. The molecule has 0 bridgehead atoms. The Kier molecular flexibility index (Phi) is 11.5. The van der Waals surface area contributed by atoms with Crippen LogP contribution in [0.2, 0.25) is 0 Å². The molecular formula is C60H38F12N4. The lowest BCUT2D eigenvalue weighted by molar-refractivity contribution is -0.143. The minimum absolute atomic E-state index is 0.0280. The number of hydrogen-bond acceptors (Lipinski definition) is 2. The van der Waals surface area contributed by atoms with Crippen molar-refractivity contribution < 1.29 is 52.7 Å². The Morgan fingerprint density at radius 2 is 0.763 bits per heavy atom. The maximum absolute atomic E-state index is 15.4. The monoisotopic (exact) mass is 1040 g/mol. The number of alkyl halides is 12. The molecule has 0 saturated heterocycles. The van der Waals surface area contributed by atoms with Crippen molar-refractivity contribution in [1.82, 2.24) is 19.1 Å². The normalized spacial score (nSPS) is 12.7. The lowest BCUT2D eigenvalue weighted by Crippen LogP contribution is -2.13. The summed E-state index contributed by atoms with van der Waals surface area (Å²) in [6, 6.07) is 32.5. The van der Waals surface area contributed by atoms with Crippen molar-refractivity contribution in [3.63, 3.8) is 0 Å². The van der Waals surface area contributed by atoms with Gasteiger partial charge in [0, 0.05) is 57.7 Å². The molecule has 0 aliphatic heterocycles. The van der Waals surface area contributed by atoms with Gasteiger partial charge in [-0.05, 0) is 174 Å². The summed E-state index contributed by atoms with van der Waals surface area (Å²) in [6.07, 6.45) is -13.2. The molecule has 0 fully saturated rings. The van der Waals surface area contributed by atoms with E-state index in [-0.39, 0.29) is 33.9 Å². The van der Waals surface area contributed by atoms with E-state index in [0.29, 0.717) is 88.9 Å². The summed E-state index contributed by atoms with van der Waals surface area (Å²) in [4.78, 5) is 8.62. The summed E-state index contributed by atoms with van der Waals surface area (Å²) in [5.41, 5.74) is 1.50. The van der Waals surface area contributed by atoms with E-state index in [1.54, 1.807) is 123 Å². The molecule has 4 nitrogen and oxygen atoms in total. The van der Waals surface area contributed by atoms with E-state index in [1.807, 2.05) is 4.57 Å². The molecule has 382 valence electrons. The van der Waals surface area contributed by atoms with Gasteiger partial charge in [-0.2, -0.15) is 52.7 Å². The lowest BCUT2D eigenvalue weighted by Gasteiger charge is -2.19. The van der Waals surface area contributed by atoms with E-state index in [4.69, 9.17) is 0 Å². The van der Waals surface area contributed by atoms with Crippen LogP contribution in [-0.4, -0.2) is 19.1 Å². The quantitative estimate of drug-likeness (QED) is 0.156. The molecule has 0 atom stereocenters. The number of pyridine rings is 2. The SMILES string of the molecule is Cc1cc(C)c(-c2ccc(-n3c4ccncc4c4cc(-c5cc(C(F)(F)F)c(-c6ccc7c(c6)c6cnccc6n7-c6ccc(-c7c(C)cc(C(F)(F)F)cc7C(F)(F)F)cc6)cc5C)ccc43)cc2)c(C(F)(F)F)c1. The van der Waals surface area contributed by atoms with Crippen LogP contribution in [0.4, 0.5) is 52.7 Å². The molecule has 0 spiro atoms. The molecule has 0 aliphatic rings. The van der Waals surface area contributed by atoms with Crippen LogP contribution < -0.4 is 0 Å². The van der Waals surface area contributed by atoms with Crippen molar-refractivity contribution in [1.29, 1.82) is 0 Å². The van der Waals surface area contributed by atoms with Gasteiger partial charge in [-0.25, -0.2) is 0 Å². The predicted molar refractivity (Wildman–Crippen MR) is 271 cm³/mol. The van der Waals surface area contributed by atoms with Gasteiger partial charge in [-0.15, -0.1) is 0 Å². The van der Waals surface area contributed by atoms with Crippen molar-refractivity contribution in [2.24, 2.45) is 0 Å². The highest BCUT2D eigenvalue weighted by atomic mass is 19.4. The first-order chi connectivity index (χ1) is 35.9. The number of aromatic nitrogens is 4. The molecule has 16 heteroatoms. The third-order valence-electron chi connectivity index (χ3n) is 14.0.